The van der Waals surface area contributed by atoms with Crippen LogP contribution in [0.3, 0.4) is 0 Å². The van der Waals surface area contributed by atoms with Crippen molar-refractivity contribution >= 4 is 17.4 Å². The third kappa shape index (κ3) is 6.84. The van der Waals surface area contributed by atoms with Gasteiger partial charge in [0.2, 0.25) is 5.43 Å². The van der Waals surface area contributed by atoms with Crippen molar-refractivity contribution in [1.82, 2.24) is 19.5 Å². The number of hydrogen-bond donors (Lipinski definition) is 2. The van der Waals surface area contributed by atoms with E-state index in [-0.39, 0.29) is 11.0 Å². The van der Waals surface area contributed by atoms with Gasteiger partial charge in [0.1, 0.15) is 11.4 Å². The molecule has 0 bridgehead atoms. The first-order chi connectivity index (χ1) is 21.7. The molecule has 9 nitrogen and oxygen atoms in total. The lowest BCUT2D eigenvalue weighted by Gasteiger charge is -2.23. The van der Waals surface area contributed by atoms with Gasteiger partial charge >= 0.3 is 0 Å². The number of hydrogen-bond acceptors (Lipinski definition) is 7. The van der Waals surface area contributed by atoms with Crippen LogP contribution in [0.5, 0.6) is 0 Å². The maximum atomic E-state index is 13.7. The molecule has 1 amide bonds. The van der Waals surface area contributed by atoms with Crippen LogP contribution in [0.15, 0.2) is 84.2 Å². The highest BCUT2D eigenvalue weighted by Crippen LogP contribution is 2.30. The molecule has 45 heavy (non-hydrogen) atoms. The summed E-state index contributed by atoms with van der Waals surface area (Å²) in [6.07, 6.45) is 8.70. The first kappa shape index (κ1) is 29.9. The summed E-state index contributed by atoms with van der Waals surface area (Å²) in [5.74, 6) is 0.270. The Morgan fingerprint density at radius 3 is 2.31 bits per heavy atom. The van der Waals surface area contributed by atoms with Crippen LogP contribution in [0.1, 0.15) is 40.2 Å². The molecule has 0 atom stereocenters. The zero-order valence-corrected chi connectivity index (χ0v) is 25.7. The zero-order chi connectivity index (χ0) is 31.5. The molecule has 0 saturated carbocycles. The minimum atomic E-state index is -0.490. The summed E-state index contributed by atoms with van der Waals surface area (Å²) in [4.78, 5) is 40.7. The van der Waals surface area contributed by atoms with Gasteiger partial charge in [-0.15, -0.1) is 0 Å². The number of benzene rings is 1. The van der Waals surface area contributed by atoms with Gasteiger partial charge in [-0.25, -0.2) is 4.98 Å². The van der Waals surface area contributed by atoms with E-state index in [9.17, 15) is 9.59 Å². The van der Waals surface area contributed by atoms with E-state index in [0.717, 1.165) is 59.7 Å². The maximum Gasteiger partial charge on any atom is 0.261 e. The standard InChI is InChI=1S/C36H36N6O3/c1-22-4-6-26(7-5-22)31-20-42(19-25-10-12-45-13-11-25)21-32(34(31)43)36(44)41-29-8-9-33(38-18-29)30-16-28(17-39-35(30)37)27-14-23(2)40-24(3)15-27/h4-9,14-18,20-21,25H,10-13,19H2,1-3H3,(H2,37,39)(H,41,44). The number of nitrogens with one attached hydrogen (secondary N) is 1. The first-order valence-electron chi connectivity index (χ1n) is 15.1. The highest BCUT2D eigenvalue weighted by molar-refractivity contribution is 6.04. The molecule has 3 N–H and O–H groups in total. The summed E-state index contributed by atoms with van der Waals surface area (Å²) in [5, 5.41) is 2.87. The molecule has 1 aliphatic rings. The van der Waals surface area contributed by atoms with Gasteiger partial charge in [-0.2, -0.15) is 0 Å². The molecular weight excluding hydrogens is 564 g/mol. The second kappa shape index (κ2) is 12.8. The van der Waals surface area contributed by atoms with E-state index in [1.165, 1.54) is 0 Å². The van der Waals surface area contributed by atoms with Crippen LogP contribution in [-0.4, -0.2) is 38.6 Å². The Balaban J connectivity index is 1.27. The van der Waals surface area contributed by atoms with Crippen LogP contribution in [0, 0.1) is 26.7 Å². The number of aromatic nitrogens is 4. The Bertz CT molecular complexity index is 1890. The number of ether oxygens (including phenoxy) is 1. The predicted molar refractivity (Wildman–Crippen MR) is 177 cm³/mol. The molecule has 0 aliphatic carbocycles. The smallest absolute Gasteiger partial charge is 0.261 e. The summed E-state index contributed by atoms with van der Waals surface area (Å²) < 4.78 is 7.49. The average Bonchev–Trinajstić information content (AvgIpc) is 3.03. The number of nitrogens with zero attached hydrogens (tertiary/aromatic N) is 4. The highest BCUT2D eigenvalue weighted by atomic mass is 16.5. The monoisotopic (exact) mass is 600 g/mol. The molecule has 228 valence electrons. The summed E-state index contributed by atoms with van der Waals surface area (Å²) in [6, 6.07) is 17.3. The Morgan fingerprint density at radius 1 is 0.889 bits per heavy atom. The summed E-state index contributed by atoms with van der Waals surface area (Å²) in [6.45, 7) is 8.06. The van der Waals surface area contributed by atoms with E-state index >= 15 is 0 Å². The number of amides is 1. The van der Waals surface area contributed by atoms with Crippen molar-refractivity contribution < 1.29 is 9.53 Å². The minimum absolute atomic E-state index is 0.0771. The Hall–Kier alpha value is -5.15. The van der Waals surface area contributed by atoms with Crippen molar-refractivity contribution in [2.45, 2.75) is 40.2 Å². The molecule has 5 heterocycles. The van der Waals surface area contributed by atoms with E-state index in [0.29, 0.717) is 40.8 Å². The molecule has 1 aliphatic heterocycles. The SMILES string of the molecule is Cc1ccc(-c2cn(CC3CCOCC3)cc(C(=O)Nc3ccc(-c4cc(-c5cc(C)nc(C)c5)cnc4N)nc3)c2=O)cc1. The number of aryl methyl sites for hydroxylation is 3. The molecule has 0 spiro atoms. The van der Waals surface area contributed by atoms with Gasteiger partial charge in [-0.05, 0) is 81.0 Å². The van der Waals surface area contributed by atoms with Crippen molar-refractivity contribution in [3.8, 4) is 33.5 Å². The number of nitrogens with two attached hydrogens (primary N) is 1. The molecule has 5 aromatic rings. The number of nitrogen functional groups attached to an aromatic ring is 1. The summed E-state index contributed by atoms with van der Waals surface area (Å²) in [5.41, 5.74) is 13.9. The van der Waals surface area contributed by atoms with Gasteiger partial charge in [0.15, 0.2) is 0 Å². The van der Waals surface area contributed by atoms with Gasteiger partial charge in [0.25, 0.3) is 5.91 Å². The van der Waals surface area contributed by atoms with Crippen LogP contribution in [-0.2, 0) is 11.3 Å². The second-order valence-corrected chi connectivity index (χ2v) is 11.7. The molecule has 9 heteroatoms. The Kier molecular flexibility index (Phi) is 8.53. The third-order valence-corrected chi connectivity index (χ3v) is 8.13. The minimum Gasteiger partial charge on any atom is -0.383 e. The summed E-state index contributed by atoms with van der Waals surface area (Å²) >= 11 is 0. The van der Waals surface area contributed by atoms with E-state index in [4.69, 9.17) is 10.5 Å². The Morgan fingerprint density at radius 2 is 1.62 bits per heavy atom. The molecule has 1 fully saturated rings. The number of carbonyl (C=O) groups is 1. The molecule has 1 aromatic carbocycles. The first-order valence-corrected chi connectivity index (χ1v) is 15.1. The van der Waals surface area contributed by atoms with Crippen molar-refractivity contribution in [2.24, 2.45) is 5.92 Å². The van der Waals surface area contributed by atoms with Crippen molar-refractivity contribution in [3.05, 3.63) is 112 Å². The molecule has 0 unspecified atom stereocenters. The largest absolute Gasteiger partial charge is 0.383 e. The number of anilines is 2. The van der Waals surface area contributed by atoms with Gasteiger partial charge in [0, 0.05) is 66.4 Å². The van der Waals surface area contributed by atoms with Crippen LogP contribution >= 0.6 is 0 Å². The predicted octanol–water partition coefficient (Wildman–Crippen LogP) is 6.22. The fraction of sp³-hybridized carbons (Fsp3) is 0.250. The molecular formula is C36H36N6O3. The molecule has 0 radical (unpaired) electrons. The Labute approximate surface area is 262 Å². The number of rotatable bonds is 7. The van der Waals surface area contributed by atoms with Gasteiger partial charge < -0.3 is 20.4 Å². The van der Waals surface area contributed by atoms with Crippen LogP contribution in [0.4, 0.5) is 11.5 Å². The topological polar surface area (TPSA) is 125 Å². The lowest BCUT2D eigenvalue weighted by atomic mass is 9.99. The maximum absolute atomic E-state index is 13.7. The molecule has 6 rings (SSSR count). The van der Waals surface area contributed by atoms with Crippen LogP contribution in [0.2, 0.25) is 0 Å². The summed E-state index contributed by atoms with van der Waals surface area (Å²) in [7, 11) is 0. The normalized spacial score (nSPS) is 13.5. The fourth-order valence-electron chi connectivity index (χ4n) is 5.73. The lowest BCUT2D eigenvalue weighted by molar-refractivity contribution is 0.0612. The molecule has 4 aromatic heterocycles. The fourth-order valence-corrected chi connectivity index (χ4v) is 5.73. The van der Waals surface area contributed by atoms with Gasteiger partial charge in [-0.3, -0.25) is 19.6 Å². The van der Waals surface area contributed by atoms with Crippen molar-refractivity contribution in [3.63, 3.8) is 0 Å². The van der Waals surface area contributed by atoms with Crippen LogP contribution in [0.25, 0.3) is 33.5 Å². The van der Waals surface area contributed by atoms with Crippen molar-refractivity contribution in [1.29, 1.82) is 0 Å². The van der Waals surface area contributed by atoms with E-state index < -0.39 is 5.91 Å². The van der Waals surface area contributed by atoms with Gasteiger partial charge in [-0.1, -0.05) is 29.8 Å². The number of pyridine rings is 4. The van der Waals surface area contributed by atoms with E-state index in [1.54, 1.807) is 30.7 Å². The second-order valence-electron chi connectivity index (χ2n) is 11.7. The van der Waals surface area contributed by atoms with E-state index in [2.05, 4.69) is 20.3 Å². The van der Waals surface area contributed by atoms with E-state index in [1.807, 2.05) is 74.0 Å². The lowest BCUT2D eigenvalue weighted by Crippen LogP contribution is -2.26. The van der Waals surface area contributed by atoms with Crippen molar-refractivity contribution in [2.75, 3.05) is 24.3 Å². The highest BCUT2D eigenvalue weighted by Gasteiger charge is 2.20. The number of carbonyl (C=O) groups excluding carboxylic acids is 1. The molecule has 1 saturated heterocycles. The quantitative estimate of drug-likeness (QED) is 0.227. The zero-order valence-electron chi connectivity index (χ0n) is 25.7. The van der Waals surface area contributed by atoms with Gasteiger partial charge in [0.05, 0.1) is 17.6 Å². The average molecular weight is 601 g/mol. The van der Waals surface area contributed by atoms with Crippen LogP contribution < -0.4 is 16.5 Å². The third-order valence-electron chi connectivity index (χ3n) is 8.13.